The number of benzene rings is 3. The van der Waals surface area contributed by atoms with Crippen LogP contribution < -0.4 is 10.7 Å². The van der Waals surface area contributed by atoms with Crippen molar-refractivity contribution in [2.75, 3.05) is 37.1 Å². The molecule has 0 unspecified atom stereocenters. The highest BCUT2D eigenvalue weighted by Gasteiger charge is 2.24. The van der Waals surface area contributed by atoms with Crippen LogP contribution in [0.3, 0.4) is 0 Å². The highest BCUT2D eigenvalue weighted by atomic mass is 32.2. The van der Waals surface area contributed by atoms with Gasteiger partial charge in [0.1, 0.15) is 0 Å². The molecule has 2 heterocycles. The van der Waals surface area contributed by atoms with E-state index in [0.717, 1.165) is 30.6 Å². The van der Waals surface area contributed by atoms with Gasteiger partial charge in [-0.3, -0.25) is 9.59 Å². The van der Waals surface area contributed by atoms with Crippen molar-refractivity contribution in [1.82, 2.24) is 19.8 Å². The Labute approximate surface area is 208 Å². The van der Waals surface area contributed by atoms with E-state index >= 15 is 0 Å². The quantitative estimate of drug-likeness (QED) is 0.254. The minimum Gasteiger partial charge on any atom is -0.351 e. The van der Waals surface area contributed by atoms with E-state index in [-0.39, 0.29) is 11.7 Å². The number of rotatable bonds is 6. The predicted molar refractivity (Wildman–Crippen MR) is 140 cm³/mol. The van der Waals surface area contributed by atoms with Crippen molar-refractivity contribution in [3.05, 3.63) is 83.7 Å². The molecule has 2 N–H and O–H groups in total. The molecule has 5 rings (SSSR count). The molecule has 4 aromatic rings. The third-order valence-corrected chi connectivity index (χ3v) is 6.62. The number of nitrogens with zero attached hydrogens (tertiary/aromatic N) is 5. The van der Waals surface area contributed by atoms with Gasteiger partial charge in [0.05, 0.1) is 5.75 Å². The Morgan fingerprint density at radius 3 is 2.57 bits per heavy atom. The summed E-state index contributed by atoms with van der Waals surface area (Å²) in [6.45, 7) is 0.723. The number of thioether (sulfide) groups is 1. The van der Waals surface area contributed by atoms with Crippen LogP contribution >= 0.6 is 11.8 Å². The maximum Gasteiger partial charge on any atom is 0.237 e. The Morgan fingerprint density at radius 2 is 1.77 bits per heavy atom. The van der Waals surface area contributed by atoms with Gasteiger partial charge in [-0.1, -0.05) is 72.4 Å². The summed E-state index contributed by atoms with van der Waals surface area (Å²) >= 11 is 1.32. The fraction of sp³-hybridized carbons (Fsp3) is 0.231. The van der Waals surface area contributed by atoms with Gasteiger partial charge < -0.3 is 15.6 Å². The first kappa shape index (κ1) is 24.3. The molecule has 1 aromatic heterocycles. The third-order valence-electron chi connectivity index (χ3n) is 5.69. The van der Waals surface area contributed by atoms with Gasteiger partial charge in [-0.15, -0.1) is 10.2 Å². The van der Waals surface area contributed by atoms with Gasteiger partial charge in [0.25, 0.3) is 0 Å². The molecule has 0 fully saturated rings. The molecular weight excluding hydrogens is 460 g/mol. The smallest absolute Gasteiger partial charge is 0.237 e. The summed E-state index contributed by atoms with van der Waals surface area (Å²) in [4.78, 5) is 25.5. The van der Waals surface area contributed by atoms with Crippen molar-refractivity contribution in [1.29, 1.82) is 0 Å². The molecule has 0 spiro atoms. The van der Waals surface area contributed by atoms with E-state index < -0.39 is 0 Å². The van der Waals surface area contributed by atoms with E-state index in [9.17, 15) is 9.59 Å². The Morgan fingerprint density at radius 1 is 1.06 bits per heavy atom. The lowest BCUT2D eigenvalue weighted by Gasteiger charge is -2.16. The molecule has 0 saturated heterocycles. The summed E-state index contributed by atoms with van der Waals surface area (Å²) in [5.74, 6) is 7.27. The molecule has 8 nitrogen and oxygen atoms in total. The van der Waals surface area contributed by atoms with Gasteiger partial charge in [-0.05, 0) is 34.4 Å². The van der Waals surface area contributed by atoms with E-state index in [0.29, 0.717) is 17.4 Å². The monoisotopic (exact) mass is 488 g/mol. The van der Waals surface area contributed by atoms with Crippen LogP contribution in [0.2, 0.25) is 0 Å². The predicted octanol–water partition coefficient (Wildman–Crippen LogP) is 3.12. The van der Waals surface area contributed by atoms with Gasteiger partial charge in [-0.2, -0.15) is 0 Å². The zero-order valence-electron chi connectivity index (χ0n) is 19.8. The minimum absolute atomic E-state index is 0.0588. The SMILES string of the molecule is CN(C)C=O.Nn1c(Cc2cccc3ccccc23)nnc1SCC(=O)N1CCc2ccccc21. The van der Waals surface area contributed by atoms with Crippen LogP contribution in [0, 0.1) is 0 Å². The normalized spacial score (nSPS) is 12.1. The summed E-state index contributed by atoms with van der Waals surface area (Å²) < 4.78 is 1.50. The first-order valence-corrected chi connectivity index (χ1v) is 12.2. The van der Waals surface area contributed by atoms with Crippen LogP contribution in [-0.4, -0.2) is 58.5 Å². The number of hydrogen-bond donors (Lipinski definition) is 1. The molecule has 0 aliphatic carbocycles. The molecule has 180 valence electrons. The van der Waals surface area contributed by atoms with Crippen molar-refractivity contribution >= 4 is 40.5 Å². The van der Waals surface area contributed by atoms with Crippen molar-refractivity contribution in [2.45, 2.75) is 18.0 Å². The second-order valence-corrected chi connectivity index (χ2v) is 9.31. The van der Waals surface area contributed by atoms with Gasteiger partial charge in [0, 0.05) is 32.7 Å². The van der Waals surface area contributed by atoms with E-state index in [2.05, 4.69) is 40.5 Å². The summed E-state index contributed by atoms with van der Waals surface area (Å²) in [6, 6.07) is 22.5. The fourth-order valence-corrected chi connectivity index (χ4v) is 4.70. The number of anilines is 1. The second-order valence-electron chi connectivity index (χ2n) is 8.37. The number of nitrogens with two attached hydrogens (primary N) is 1. The average Bonchev–Trinajstić information content (AvgIpc) is 3.47. The van der Waals surface area contributed by atoms with Gasteiger partial charge in [-0.25, -0.2) is 4.68 Å². The number of hydrogen-bond acceptors (Lipinski definition) is 6. The number of aromatic nitrogens is 3. The van der Waals surface area contributed by atoms with E-state index in [1.54, 1.807) is 14.1 Å². The van der Waals surface area contributed by atoms with Crippen LogP contribution in [0.25, 0.3) is 10.8 Å². The number of nitrogen functional groups attached to an aromatic ring is 1. The van der Waals surface area contributed by atoms with E-state index in [4.69, 9.17) is 5.84 Å². The fourth-order valence-electron chi connectivity index (χ4n) is 3.94. The van der Waals surface area contributed by atoms with Crippen LogP contribution in [0.5, 0.6) is 0 Å². The van der Waals surface area contributed by atoms with Crippen LogP contribution in [0.15, 0.2) is 71.9 Å². The van der Waals surface area contributed by atoms with Crippen LogP contribution in [-0.2, 0) is 22.4 Å². The molecule has 9 heteroatoms. The lowest BCUT2D eigenvalue weighted by Crippen LogP contribution is -2.30. The third kappa shape index (κ3) is 5.63. The average molecular weight is 489 g/mol. The standard InChI is InChI=1S/C23H21N5OS.C3H7NO/c24-28-21(14-18-9-5-8-16-6-1-3-10-19(16)18)25-26-23(28)30-15-22(29)27-13-12-17-7-2-4-11-20(17)27;1-4(2)3-5/h1-11H,12-15,24H2;3H,1-2H3. The van der Waals surface area contributed by atoms with E-state index in [1.165, 1.54) is 37.7 Å². The topological polar surface area (TPSA) is 97.4 Å². The zero-order valence-corrected chi connectivity index (χ0v) is 20.6. The maximum atomic E-state index is 12.7. The Hall–Kier alpha value is -3.85. The molecule has 35 heavy (non-hydrogen) atoms. The highest BCUT2D eigenvalue weighted by molar-refractivity contribution is 7.99. The molecule has 0 bridgehead atoms. The van der Waals surface area contributed by atoms with Gasteiger partial charge >= 0.3 is 0 Å². The molecule has 0 atom stereocenters. The largest absolute Gasteiger partial charge is 0.351 e. The molecule has 2 amide bonds. The van der Waals surface area contributed by atoms with Crippen molar-refractivity contribution < 1.29 is 9.59 Å². The van der Waals surface area contributed by atoms with Crippen LogP contribution in [0.4, 0.5) is 5.69 Å². The second kappa shape index (κ2) is 11.1. The first-order chi connectivity index (χ1) is 17.0. The maximum absolute atomic E-state index is 12.7. The van der Waals surface area contributed by atoms with Crippen molar-refractivity contribution in [2.24, 2.45) is 0 Å². The number of para-hydroxylation sites is 1. The summed E-state index contributed by atoms with van der Waals surface area (Å²) in [6.07, 6.45) is 2.23. The lowest BCUT2D eigenvalue weighted by molar-refractivity contribution is -0.116. The Bertz CT molecular complexity index is 1330. The number of carbonyl (C=O) groups is 2. The Balaban J connectivity index is 0.000000527. The summed E-state index contributed by atoms with van der Waals surface area (Å²) in [5.41, 5.74) is 3.37. The van der Waals surface area contributed by atoms with Crippen molar-refractivity contribution in [3.8, 4) is 0 Å². The number of amides is 2. The molecule has 1 aliphatic heterocycles. The molecule has 3 aromatic carbocycles. The zero-order chi connectivity index (χ0) is 24.8. The highest BCUT2D eigenvalue weighted by Crippen LogP contribution is 2.29. The summed E-state index contributed by atoms with van der Waals surface area (Å²) in [5, 5.41) is 11.4. The van der Waals surface area contributed by atoms with Crippen LogP contribution in [0.1, 0.15) is 17.0 Å². The molecule has 1 aliphatic rings. The van der Waals surface area contributed by atoms with Gasteiger partial charge in [0.2, 0.25) is 17.5 Å². The molecule has 0 radical (unpaired) electrons. The van der Waals surface area contributed by atoms with E-state index in [1.807, 2.05) is 41.3 Å². The summed E-state index contributed by atoms with van der Waals surface area (Å²) in [7, 11) is 3.38. The number of carbonyl (C=O) groups excluding carboxylic acids is 2. The van der Waals surface area contributed by atoms with Gasteiger partial charge in [0.15, 0.2) is 5.82 Å². The lowest BCUT2D eigenvalue weighted by atomic mass is 10.0. The molecular formula is C26H28N6O2S. The minimum atomic E-state index is 0.0588. The number of fused-ring (bicyclic) bond motifs is 2. The Kier molecular flexibility index (Phi) is 7.67. The first-order valence-electron chi connectivity index (χ1n) is 11.3. The molecule has 0 saturated carbocycles. The van der Waals surface area contributed by atoms with Crippen molar-refractivity contribution in [3.63, 3.8) is 0 Å².